The largest absolute Gasteiger partial charge is 0.465 e. The lowest BCUT2D eigenvalue weighted by Crippen LogP contribution is -2.37. The Morgan fingerprint density at radius 3 is 2.58 bits per heavy atom. The van der Waals surface area contributed by atoms with Gasteiger partial charge >= 0.3 is 5.97 Å². The summed E-state index contributed by atoms with van der Waals surface area (Å²) in [7, 11) is 0. The minimum absolute atomic E-state index is 0.145. The summed E-state index contributed by atoms with van der Waals surface area (Å²) in [6.07, 6.45) is 0. The molecule has 0 bridgehead atoms. The molecule has 0 saturated carbocycles. The predicted molar refractivity (Wildman–Crippen MR) is 72.2 cm³/mol. The Bertz CT molecular complexity index is 522. The van der Waals surface area contributed by atoms with Gasteiger partial charge in [0.05, 0.1) is 12.7 Å². The van der Waals surface area contributed by atoms with Gasteiger partial charge in [-0.1, -0.05) is 30.4 Å². The number of carbonyl (C=O) groups is 2. The van der Waals surface area contributed by atoms with Gasteiger partial charge in [0.15, 0.2) is 5.92 Å². The van der Waals surface area contributed by atoms with E-state index >= 15 is 0 Å². The molecule has 0 aliphatic rings. The summed E-state index contributed by atoms with van der Waals surface area (Å²) in [6, 6.07) is 10.1. The SMILES string of the molecule is CCOC(=O)C(C#N)C(=S)NC(=O)c1ccccc1. The number of nitrogens with zero attached hydrogens (tertiary/aromatic N) is 1. The molecule has 98 valence electrons. The second-order valence-electron chi connectivity index (χ2n) is 3.50. The van der Waals surface area contributed by atoms with Gasteiger partial charge in [-0.05, 0) is 19.1 Å². The van der Waals surface area contributed by atoms with E-state index in [9.17, 15) is 9.59 Å². The van der Waals surface area contributed by atoms with Gasteiger partial charge in [0.2, 0.25) is 0 Å². The van der Waals surface area contributed by atoms with Crippen molar-refractivity contribution in [1.82, 2.24) is 5.32 Å². The normalized spacial score (nSPS) is 10.9. The molecule has 0 spiro atoms. The molecule has 1 aromatic carbocycles. The lowest BCUT2D eigenvalue weighted by atomic mass is 10.1. The number of nitriles is 1. The zero-order chi connectivity index (χ0) is 14.3. The molecule has 1 unspecified atom stereocenters. The summed E-state index contributed by atoms with van der Waals surface area (Å²) < 4.78 is 4.70. The molecule has 5 nitrogen and oxygen atoms in total. The van der Waals surface area contributed by atoms with Crippen LogP contribution in [0.5, 0.6) is 0 Å². The second-order valence-corrected chi connectivity index (χ2v) is 3.94. The Kier molecular flexibility index (Phi) is 5.64. The van der Waals surface area contributed by atoms with Crippen LogP contribution in [0.3, 0.4) is 0 Å². The summed E-state index contributed by atoms with van der Waals surface area (Å²) in [5.74, 6) is -2.50. The molecule has 0 aliphatic carbocycles. The Morgan fingerprint density at radius 2 is 2.05 bits per heavy atom. The standard InChI is InChI=1S/C13H12N2O3S/c1-2-18-13(17)10(8-14)12(19)15-11(16)9-6-4-3-5-7-9/h3-7,10H,2H2,1H3,(H,15,16,19). The molecule has 0 saturated heterocycles. The molecule has 0 aliphatic heterocycles. The number of hydrogen-bond acceptors (Lipinski definition) is 5. The highest BCUT2D eigenvalue weighted by molar-refractivity contribution is 7.80. The first-order valence-corrected chi connectivity index (χ1v) is 5.97. The lowest BCUT2D eigenvalue weighted by molar-refractivity contribution is -0.143. The van der Waals surface area contributed by atoms with Crippen molar-refractivity contribution in [2.24, 2.45) is 5.92 Å². The van der Waals surface area contributed by atoms with Gasteiger partial charge in [0, 0.05) is 5.56 Å². The summed E-state index contributed by atoms with van der Waals surface area (Å²) >= 11 is 4.89. The predicted octanol–water partition coefficient (Wildman–Crippen LogP) is 1.45. The van der Waals surface area contributed by atoms with Gasteiger partial charge in [-0.25, -0.2) is 0 Å². The summed E-state index contributed by atoms with van der Waals surface area (Å²) in [5, 5.41) is 11.2. The van der Waals surface area contributed by atoms with E-state index in [-0.39, 0.29) is 11.6 Å². The molecule has 1 N–H and O–H groups in total. The van der Waals surface area contributed by atoms with Crippen LogP contribution in [0, 0.1) is 17.2 Å². The first-order valence-electron chi connectivity index (χ1n) is 5.56. The average Bonchev–Trinajstić information content (AvgIpc) is 2.40. The number of nitrogens with one attached hydrogen (secondary N) is 1. The number of esters is 1. The van der Waals surface area contributed by atoms with Gasteiger partial charge in [-0.15, -0.1) is 0 Å². The molecule has 0 aromatic heterocycles. The minimum Gasteiger partial charge on any atom is -0.465 e. The molecule has 6 heteroatoms. The third-order valence-corrected chi connectivity index (χ3v) is 2.52. The molecular weight excluding hydrogens is 264 g/mol. The van der Waals surface area contributed by atoms with Crippen LogP contribution in [0.4, 0.5) is 0 Å². The number of ether oxygens (including phenoxy) is 1. The van der Waals surface area contributed by atoms with Crippen LogP contribution in [0.2, 0.25) is 0 Å². The molecule has 1 atom stereocenters. The molecule has 1 rings (SSSR count). The number of hydrogen-bond donors (Lipinski definition) is 1. The Morgan fingerprint density at radius 1 is 1.42 bits per heavy atom. The van der Waals surface area contributed by atoms with E-state index in [0.717, 1.165) is 0 Å². The molecule has 19 heavy (non-hydrogen) atoms. The van der Waals surface area contributed by atoms with E-state index in [0.29, 0.717) is 5.56 Å². The fraction of sp³-hybridized carbons (Fsp3) is 0.231. The summed E-state index contributed by atoms with van der Waals surface area (Å²) in [5.41, 5.74) is 0.394. The van der Waals surface area contributed by atoms with E-state index in [1.165, 1.54) is 0 Å². The van der Waals surface area contributed by atoms with E-state index in [1.54, 1.807) is 43.3 Å². The highest BCUT2D eigenvalue weighted by Gasteiger charge is 2.25. The van der Waals surface area contributed by atoms with Crippen molar-refractivity contribution in [3.8, 4) is 6.07 Å². The van der Waals surface area contributed by atoms with Crippen LogP contribution < -0.4 is 5.32 Å². The minimum atomic E-state index is -1.28. The van der Waals surface area contributed by atoms with Gasteiger partial charge in [-0.2, -0.15) is 5.26 Å². The van der Waals surface area contributed by atoms with Crippen LogP contribution in [0.25, 0.3) is 0 Å². The molecule has 0 fully saturated rings. The van der Waals surface area contributed by atoms with Crippen LogP contribution in [0.1, 0.15) is 17.3 Å². The maximum atomic E-state index is 11.8. The number of amides is 1. The van der Waals surface area contributed by atoms with Crippen molar-refractivity contribution in [1.29, 1.82) is 5.26 Å². The van der Waals surface area contributed by atoms with Crippen molar-refractivity contribution in [2.75, 3.05) is 6.61 Å². The molecular formula is C13H12N2O3S. The van der Waals surface area contributed by atoms with E-state index in [2.05, 4.69) is 5.32 Å². The van der Waals surface area contributed by atoms with Crippen molar-refractivity contribution in [3.05, 3.63) is 35.9 Å². The van der Waals surface area contributed by atoms with Crippen molar-refractivity contribution < 1.29 is 14.3 Å². The lowest BCUT2D eigenvalue weighted by Gasteiger charge is -2.11. The quantitative estimate of drug-likeness (QED) is 0.665. The number of benzene rings is 1. The maximum Gasteiger partial charge on any atom is 0.330 e. The highest BCUT2D eigenvalue weighted by Crippen LogP contribution is 2.03. The highest BCUT2D eigenvalue weighted by atomic mass is 32.1. The van der Waals surface area contributed by atoms with E-state index < -0.39 is 17.8 Å². The average molecular weight is 276 g/mol. The topological polar surface area (TPSA) is 79.2 Å². The molecule has 0 heterocycles. The van der Waals surface area contributed by atoms with Crippen LogP contribution in [-0.4, -0.2) is 23.5 Å². The van der Waals surface area contributed by atoms with Crippen LogP contribution >= 0.6 is 12.2 Å². The first kappa shape index (κ1) is 14.8. The summed E-state index contributed by atoms with van der Waals surface area (Å²) in [4.78, 5) is 23.1. The smallest absolute Gasteiger partial charge is 0.330 e. The zero-order valence-corrected chi connectivity index (χ0v) is 11.1. The third kappa shape index (κ3) is 4.16. The molecule has 1 amide bonds. The van der Waals surface area contributed by atoms with E-state index in [1.807, 2.05) is 0 Å². The Hall–Kier alpha value is -2.26. The summed E-state index contributed by atoms with van der Waals surface area (Å²) in [6.45, 7) is 1.77. The van der Waals surface area contributed by atoms with E-state index in [4.69, 9.17) is 22.2 Å². The van der Waals surface area contributed by atoms with Crippen molar-refractivity contribution in [3.63, 3.8) is 0 Å². The maximum absolute atomic E-state index is 11.8. The Labute approximate surface area is 116 Å². The van der Waals surface area contributed by atoms with Crippen molar-refractivity contribution in [2.45, 2.75) is 6.92 Å². The van der Waals surface area contributed by atoms with Crippen LogP contribution in [0.15, 0.2) is 30.3 Å². The number of thiocarbonyl (C=S) groups is 1. The fourth-order valence-electron chi connectivity index (χ4n) is 1.29. The zero-order valence-electron chi connectivity index (χ0n) is 10.3. The third-order valence-electron chi connectivity index (χ3n) is 2.19. The number of rotatable bonds is 4. The Balaban J connectivity index is 2.71. The van der Waals surface area contributed by atoms with Gasteiger partial charge < -0.3 is 10.1 Å². The first-order chi connectivity index (χ1) is 9.10. The molecule has 1 aromatic rings. The van der Waals surface area contributed by atoms with Crippen LogP contribution in [-0.2, 0) is 9.53 Å². The van der Waals surface area contributed by atoms with Gasteiger partial charge in [0.25, 0.3) is 5.91 Å². The van der Waals surface area contributed by atoms with Crippen molar-refractivity contribution >= 4 is 29.1 Å². The van der Waals surface area contributed by atoms with Gasteiger partial charge in [0.1, 0.15) is 4.99 Å². The number of carbonyl (C=O) groups excluding carboxylic acids is 2. The second kappa shape index (κ2) is 7.24. The fourth-order valence-corrected chi connectivity index (χ4v) is 1.53. The monoisotopic (exact) mass is 276 g/mol. The van der Waals surface area contributed by atoms with Gasteiger partial charge in [-0.3, -0.25) is 9.59 Å². The molecule has 0 radical (unpaired) electrons.